The third kappa shape index (κ3) is 2.87. The Hall–Kier alpha value is -0.880. The van der Waals surface area contributed by atoms with Crippen LogP contribution in [0.5, 0.6) is 5.75 Å². The zero-order valence-electron chi connectivity index (χ0n) is 9.30. The van der Waals surface area contributed by atoms with E-state index in [-0.39, 0.29) is 6.04 Å². The standard InChI is InChI=1S/C13H13Cl2NO/c1-2-3-5-16-12-4-6-17-13-10(12)7-9(14)8-11(13)15/h1,7-8,12,16H,3-6H2. The molecule has 0 saturated heterocycles. The number of fused-ring (bicyclic) bond motifs is 1. The Morgan fingerprint density at radius 2 is 2.29 bits per heavy atom. The molecule has 4 heteroatoms. The molecule has 1 aromatic carbocycles. The van der Waals surface area contributed by atoms with E-state index in [1.807, 2.05) is 6.07 Å². The van der Waals surface area contributed by atoms with Gasteiger partial charge >= 0.3 is 0 Å². The van der Waals surface area contributed by atoms with Gasteiger partial charge in [0.05, 0.1) is 11.6 Å². The second kappa shape index (κ2) is 5.64. The third-order valence-corrected chi connectivity index (χ3v) is 3.22. The molecule has 0 fully saturated rings. The lowest BCUT2D eigenvalue weighted by molar-refractivity contribution is 0.254. The summed E-state index contributed by atoms with van der Waals surface area (Å²) in [5.74, 6) is 3.34. The minimum Gasteiger partial charge on any atom is -0.492 e. The number of hydrogen-bond donors (Lipinski definition) is 1. The molecule has 0 bridgehead atoms. The van der Waals surface area contributed by atoms with Crippen molar-refractivity contribution in [3.8, 4) is 18.1 Å². The average molecular weight is 270 g/mol. The highest BCUT2D eigenvalue weighted by atomic mass is 35.5. The van der Waals surface area contributed by atoms with Gasteiger partial charge in [0, 0.05) is 36.0 Å². The molecule has 0 saturated carbocycles. The monoisotopic (exact) mass is 269 g/mol. The van der Waals surface area contributed by atoms with E-state index in [0.717, 1.165) is 24.3 Å². The van der Waals surface area contributed by atoms with Gasteiger partial charge < -0.3 is 10.1 Å². The van der Waals surface area contributed by atoms with Gasteiger partial charge in [-0.2, -0.15) is 0 Å². The highest BCUT2D eigenvalue weighted by molar-refractivity contribution is 6.35. The molecule has 2 rings (SSSR count). The van der Waals surface area contributed by atoms with Crippen LogP contribution in [0.1, 0.15) is 24.4 Å². The van der Waals surface area contributed by atoms with Gasteiger partial charge in [0.1, 0.15) is 5.75 Å². The summed E-state index contributed by atoms with van der Waals surface area (Å²) >= 11 is 12.1. The first kappa shape index (κ1) is 12.6. The van der Waals surface area contributed by atoms with E-state index >= 15 is 0 Å². The van der Waals surface area contributed by atoms with Gasteiger partial charge in [-0.1, -0.05) is 23.2 Å². The summed E-state index contributed by atoms with van der Waals surface area (Å²) < 4.78 is 5.57. The van der Waals surface area contributed by atoms with Crippen LogP contribution in [-0.2, 0) is 0 Å². The summed E-state index contributed by atoms with van der Waals surface area (Å²) in [7, 11) is 0. The van der Waals surface area contributed by atoms with E-state index < -0.39 is 0 Å². The molecule has 1 aliphatic rings. The van der Waals surface area contributed by atoms with Crippen molar-refractivity contribution in [2.45, 2.75) is 18.9 Å². The normalized spacial score (nSPS) is 18.1. The van der Waals surface area contributed by atoms with Gasteiger partial charge in [-0.3, -0.25) is 0 Å². The fourth-order valence-electron chi connectivity index (χ4n) is 1.96. The minimum atomic E-state index is 0.211. The van der Waals surface area contributed by atoms with Crippen molar-refractivity contribution in [3.63, 3.8) is 0 Å². The smallest absolute Gasteiger partial charge is 0.142 e. The number of nitrogens with one attached hydrogen (secondary N) is 1. The molecule has 0 amide bonds. The molecule has 1 atom stereocenters. The van der Waals surface area contributed by atoms with Gasteiger partial charge in [-0.25, -0.2) is 0 Å². The van der Waals surface area contributed by atoms with Gasteiger partial charge in [0.2, 0.25) is 0 Å². The zero-order chi connectivity index (χ0) is 12.3. The Balaban J connectivity index is 2.22. The van der Waals surface area contributed by atoms with E-state index in [1.54, 1.807) is 6.07 Å². The zero-order valence-corrected chi connectivity index (χ0v) is 10.8. The molecule has 1 heterocycles. The van der Waals surface area contributed by atoms with Crippen LogP contribution < -0.4 is 10.1 Å². The molecule has 1 aromatic rings. The van der Waals surface area contributed by atoms with Crippen molar-refractivity contribution in [1.29, 1.82) is 0 Å². The summed E-state index contributed by atoms with van der Waals surface area (Å²) in [6.45, 7) is 1.44. The van der Waals surface area contributed by atoms with E-state index in [4.69, 9.17) is 34.4 Å². The SMILES string of the molecule is C#CCCNC1CCOc2c(Cl)cc(Cl)cc21. The lowest BCUT2D eigenvalue weighted by Gasteiger charge is -2.27. The maximum absolute atomic E-state index is 6.10. The molecule has 0 aliphatic carbocycles. The fraction of sp³-hybridized carbons (Fsp3) is 0.385. The van der Waals surface area contributed by atoms with Crippen LogP contribution >= 0.6 is 23.2 Å². The molecule has 0 radical (unpaired) electrons. The molecule has 2 nitrogen and oxygen atoms in total. The lowest BCUT2D eigenvalue weighted by Crippen LogP contribution is -2.27. The quantitative estimate of drug-likeness (QED) is 0.671. The van der Waals surface area contributed by atoms with Crippen LogP contribution in [0.3, 0.4) is 0 Å². The summed E-state index contributed by atoms with van der Waals surface area (Å²) in [4.78, 5) is 0. The summed E-state index contributed by atoms with van der Waals surface area (Å²) in [5, 5.41) is 4.59. The number of ether oxygens (including phenoxy) is 1. The second-order valence-corrected chi connectivity index (χ2v) is 4.75. The Bertz CT molecular complexity index is 453. The predicted octanol–water partition coefficient (Wildman–Crippen LogP) is 3.43. The topological polar surface area (TPSA) is 21.3 Å². The second-order valence-electron chi connectivity index (χ2n) is 3.90. The van der Waals surface area contributed by atoms with Gasteiger partial charge in [0.15, 0.2) is 0 Å². The van der Waals surface area contributed by atoms with Crippen LogP contribution in [0.15, 0.2) is 12.1 Å². The van der Waals surface area contributed by atoms with Crippen molar-refractivity contribution in [2.24, 2.45) is 0 Å². The maximum atomic E-state index is 6.10. The highest BCUT2D eigenvalue weighted by Crippen LogP contribution is 2.39. The first-order valence-corrected chi connectivity index (χ1v) is 6.26. The summed E-state index contributed by atoms with van der Waals surface area (Å²) in [6.07, 6.45) is 6.84. The number of hydrogen-bond acceptors (Lipinski definition) is 2. The number of halogens is 2. The van der Waals surface area contributed by atoms with E-state index in [2.05, 4.69) is 11.2 Å². The van der Waals surface area contributed by atoms with Crippen LogP contribution in [-0.4, -0.2) is 13.2 Å². The van der Waals surface area contributed by atoms with Crippen molar-refractivity contribution in [1.82, 2.24) is 5.32 Å². The van der Waals surface area contributed by atoms with E-state index in [1.165, 1.54) is 0 Å². The van der Waals surface area contributed by atoms with Crippen molar-refractivity contribution in [2.75, 3.05) is 13.2 Å². The average Bonchev–Trinajstić information content (AvgIpc) is 2.30. The Kier molecular flexibility index (Phi) is 4.17. The van der Waals surface area contributed by atoms with Crippen LogP contribution in [0, 0.1) is 12.3 Å². The van der Waals surface area contributed by atoms with Crippen molar-refractivity contribution < 1.29 is 4.74 Å². The fourth-order valence-corrected chi connectivity index (χ4v) is 2.52. The van der Waals surface area contributed by atoms with Gasteiger partial charge in [0.25, 0.3) is 0 Å². The summed E-state index contributed by atoms with van der Waals surface area (Å²) in [6, 6.07) is 3.81. The first-order valence-electron chi connectivity index (χ1n) is 5.51. The Labute approximate surface area is 111 Å². The Morgan fingerprint density at radius 3 is 3.06 bits per heavy atom. The molecule has 17 heavy (non-hydrogen) atoms. The van der Waals surface area contributed by atoms with Crippen molar-refractivity contribution in [3.05, 3.63) is 27.7 Å². The molecule has 0 aromatic heterocycles. The molecule has 0 spiro atoms. The predicted molar refractivity (Wildman–Crippen MR) is 70.8 cm³/mol. The van der Waals surface area contributed by atoms with E-state index in [9.17, 15) is 0 Å². The minimum absolute atomic E-state index is 0.211. The number of terminal acetylenes is 1. The van der Waals surface area contributed by atoms with E-state index in [0.29, 0.717) is 23.1 Å². The van der Waals surface area contributed by atoms with Crippen LogP contribution in [0.2, 0.25) is 10.0 Å². The highest BCUT2D eigenvalue weighted by Gasteiger charge is 2.23. The molecular formula is C13H13Cl2NO. The van der Waals surface area contributed by atoms with Crippen LogP contribution in [0.4, 0.5) is 0 Å². The lowest BCUT2D eigenvalue weighted by atomic mass is 10.0. The molecule has 1 unspecified atom stereocenters. The largest absolute Gasteiger partial charge is 0.492 e. The van der Waals surface area contributed by atoms with Gasteiger partial charge in [-0.15, -0.1) is 12.3 Å². The molecule has 1 aliphatic heterocycles. The first-order chi connectivity index (χ1) is 8.22. The molecular weight excluding hydrogens is 257 g/mol. The Morgan fingerprint density at radius 1 is 1.47 bits per heavy atom. The third-order valence-electron chi connectivity index (χ3n) is 2.73. The summed E-state index contributed by atoms with van der Waals surface area (Å²) in [5.41, 5.74) is 1.02. The number of rotatable bonds is 3. The van der Waals surface area contributed by atoms with Crippen molar-refractivity contribution >= 4 is 23.2 Å². The maximum Gasteiger partial charge on any atom is 0.142 e. The number of benzene rings is 1. The van der Waals surface area contributed by atoms with Gasteiger partial charge in [-0.05, 0) is 12.1 Å². The molecule has 90 valence electrons. The van der Waals surface area contributed by atoms with Crippen LogP contribution in [0.25, 0.3) is 0 Å². The molecule has 1 N–H and O–H groups in total.